The van der Waals surface area contributed by atoms with E-state index in [4.69, 9.17) is 14.7 Å². The van der Waals surface area contributed by atoms with Gasteiger partial charge in [-0.25, -0.2) is 9.97 Å². The summed E-state index contributed by atoms with van der Waals surface area (Å²) >= 11 is 0. The van der Waals surface area contributed by atoms with Crippen molar-refractivity contribution in [1.82, 2.24) is 25.1 Å². The van der Waals surface area contributed by atoms with Gasteiger partial charge in [-0.2, -0.15) is 0 Å². The number of anilines is 1. The molecule has 2 unspecified atom stereocenters. The average molecular weight is 517 g/mol. The molecule has 3 saturated heterocycles. The Hall–Kier alpha value is -1.77. The first kappa shape index (κ1) is 28.2. The summed E-state index contributed by atoms with van der Waals surface area (Å²) in [7, 11) is 0. The van der Waals surface area contributed by atoms with Gasteiger partial charge in [-0.05, 0) is 90.4 Å². The van der Waals surface area contributed by atoms with Crippen LogP contribution in [0.15, 0.2) is 12.4 Å². The summed E-state index contributed by atoms with van der Waals surface area (Å²) in [4.78, 5) is 29.0. The van der Waals surface area contributed by atoms with Crippen molar-refractivity contribution in [3.8, 4) is 0 Å². The fourth-order valence-corrected chi connectivity index (χ4v) is 6.31. The second kappa shape index (κ2) is 14.4. The van der Waals surface area contributed by atoms with Crippen LogP contribution in [0.5, 0.6) is 0 Å². The Bertz CT molecular complexity index is 804. The molecule has 1 N–H and O–H groups in total. The first-order valence-electron chi connectivity index (χ1n) is 15.0. The van der Waals surface area contributed by atoms with Crippen LogP contribution in [0, 0.1) is 0 Å². The van der Waals surface area contributed by atoms with Crippen molar-refractivity contribution < 1.29 is 11.0 Å². The summed E-state index contributed by atoms with van der Waals surface area (Å²) < 4.78 is 5.11. The highest BCUT2D eigenvalue weighted by Gasteiger charge is 2.41. The molecule has 2 bridgehead atoms. The summed E-state index contributed by atoms with van der Waals surface area (Å²) in [5.41, 5.74) is 1.32. The van der Waals surface area contributed by atoms with E-state index in [9.17, 15) is 4.79 Å². The molecule has 0 aliphatic carbocycles. The molecule has 210 valence electrons. The molecule has 8 nitrogen and oxygen atoms in total. The lowest BCUT2D eigenvalue weighted by molar-refractivity contribution is -0.125. The number of nitrogens with zero attached hydrogens (tertiary/aromatic N) is 5. The Morgan fingerprint density at radius 3 is 2.32 bits per heavy atom. The number of aromatic nitrogens is 2. The fraction of sp³-hybridized carbons (Fsp3) is 0.828. The van der Waals surface area contributed by atoms with Gasteiger partial charge < -0.3 is 19.9 Å². The second-order valence-electron chi connectivity index (χ2n) is 11.5. The van der Waals surface area contributed by atoms with E-state index >= 15 is 0 Å². The van der Waals surface area contributed by atoms with Crippen LogP contribution >= 0.6 is 0 Å². The number of hydrogen-bond donors (Lipinski definition) is 1. The normalized spacial score (nSPS) is 23.2. The number of likely N-dealkylation sites (tertiary alicyclic amines) is 2. The molecule has 3 aliphatic rings. The van der Waals surface area contributed by atoms with E-state index in [1.165, 1.54) is 76.6 Å². The van der Waals surface area contributed by atoms with E-state index in [0.717, 1.165) is 32.0 Å². The SMILES string of the molecule is CCOCC(=O)NCCCCCCCN1CCC(c2cnc(N3C4CCC3CN(C(C)C)C4)nc2)CC1.[HH]. The monoisotopic (exact) mass is 516 g/mol. The van der Waals surface area contributed by atoms with Gasteiger partial charge in [0.25, 0.3) is 0 Å². The van der Waals surface area contributed by atoms with E-state index in [1.807, 2.05) is 6.92 Å². The number of nitrogens with one attached hydrogen (secondary N) is 1. The van der Waals surface area contributed by atoms with Crippen LogP contribution in [0.3, 0.4) is 0 Å². The Balaban J connectivity index is 0.00000400. The number of piperazine rings is 1. The number of unbranched alkanes of at least 4 members (excludes halogenated alkanes) is 4. The Labute approximate surface area is 226 Å². The first-order valence-corrected chi connectivity index (χ1v) is 15.0. The third-order valence-corrected chi connectivity index (χ3v) is 8.60. The molecular weight excluding hydrogens is 464 g/mol. The zero-order valence-electron chi connectivity index (χ0n) is 23.5. The minimum Gasteiger partial charge on any atom is -0.372 e. The third kappa shape index (κ3) is 8.11. The van der Waals surface area contributed by atoms with E-state index in [2.05, 4.69) is 46.3 Å². The maximum Gasteiger partial charge on any atom is 0.245 e. The Morgan fingerprint density at radius 2 is 1.68 bits per heavy atom. The first-order chi connectivity index (χ1) is 18.0. The zero-order chi connectivity index (χ0) is 26.0. The third-order valence-electron chi connectivity index (χ3n) is 8.60. The summed E-state index contributed by atoms with van der Waals surface area (Å²) in [6.07, 6.45) is 15.2. The molecule has 4 heterocycles. The van der Waals surface area contributed by atoms with E-state index in [0.29, 0.717) is 30.7 Å². The minimum atomic E-state index is -0.000173. The lowest BCUT2D eigenvalue weighted by atomic mass is 9.91. The second-order valence-corrected chi connectivity index (χ2v) is 11.5. The number of hydrogen-bond acceptors (Lipinski definition) is 7. The summed E-state index contributed by atoms with van der Waals surface area (Å²) in [5, 5.41) is 2.92. The van der Waals surface area contributed by atoms with Crippen LogP contribution in [0.1, 0.15) is 91.5 Å². The number of rotatable bonds is 14. The van der Waals surface area contributed by atoms with Gasteiger partial charge in [0.1, 0.15) is 6.61 Å². The van der Waals surface area contributed by atoms with Gasteiger partial charge in [0.15, 0.2) is 0 Å². The summed E-state index contributed by atoms with van der Waals surface area (Å²) in [6.45, 7) is 13.9. The van der Waals surface area contributed by atoms with Gasteiger partial charge in [-0.1, -0.05) is 19.3 Å². The van der Waals surface area contributed by atoms with Crippen LogP contribution < -0.4 is 10.2 Å². The van der Waals surface area contributed by atoms with Crippen LogP contribution in [0.2, 0.25) is 0 Å². The van der Waals surface area contributed by atoms with Crippen molar-refractivity contribution in [2.24, 2.45) is 0 Å². The van der Waals surface area contributed by atoms with E-state index in [-0.39, 0.29) is 13.9 Å². The number of ether oxygens (including phenoxy) is 1. The van der Waals surface area contributed by atoms with Crippen LogP contribution in [-0.2, 0) is 9.53 Å². The molecule has 0 radical (unpaired) electrons. The molecule has 4 rings (SSSR count). The number of amides is 1. The van der Waals surface area contributed by atoms with Gasteiger partial charge >= 0.3 is 0 Å². The van der Waals surface area contributed by atoms with Gasteiger partial charge in [0.05, 0.1) is 0 Å². The summed E-state index contributed by atoms with van der Waals surface area (Å²) in [5.74, 6) is 1.54. The molecule has 3 fully saturated rings. The van der Waals surface area contributed by atoms with Crippen LogP contribution in [-0.4, -0.2) is 96.3 Å². The number of carbonyl (C=O) groups is 1. The maximum atomic E-state index is 11.5. The highest BCUT2D eigenvalue weighted by molar-refractivity contribution is 5.77. The predicted molar refractivity (Wildman–Crippen MR) is 151 cm³/mol. The van der Waals surface area contributed by atoms with Crippen LogP contribution in [0.4, 0.5) is 5.95 Å². The molecule has 1 amide bonds. The lowest BCUT2D eigenvalue weighted by Crippen LogP contribution is -2.56. The Kier molecular flexibility index (Phi) is 11.0. The van der Waals surface area contributed by atoms with Crippen molar-refractivity contribution in [3.05, 3.63) is 18.0 Å². The zero-order valence-corrected chi connectivity index (χ0v) is 23.5. The quantitative estimate of drug-likeness (QED) is 0.374. The van der Waals surface area contributed by atoms with Gasteiger partial charge in [-0.15, -0.1) is 0 Å². The molecule has 1 aromatic heterocycles. The van der Waals surface area contributed by atoms with Gasteiger partial charge in [0, 0.05) is 58.2 Å². The standard InChI is InChI=1S/C29H50N6O2.H2/c1-4-37-22-28(36)30-14-8-6-5-7-9-15-33-16-12-24(13-17-33)25-18-31-29(32-19-25)35-26-10-11-27(35)21-34(20-26)23(2)3;/h18-19,23-24,26-27H,4-17,20-22H2,1-3H3,(H,30,36);1H. The van der Waals surface area contributed by atoms with Crippen LogP contribution in [0.25, 0.3) is 0 Å². The molecule has 0 saturated carbocycles. The van der Waals surface area contributed by atoms with Crippen molar-refractivity contribution >= 4 is 11.9 Å². The number of piperidine rings is 1. The highest BCUT2D eigenvalue weighted by atomic mass is 16.5. The maximum absolute atomic E-state index is 11.5. The molecular formula is C29H52N6O2. The van der Waals surface area contributed by atoms with Crippen molar-refractivity contribution in [1.29, 1.82) is 0 Å². The molecule has 37 heavy (non-hydrogen) atoms. The predicted octanol–water partition coefficient (Wildman–Crippen LogP) is 4.07. The lowest BCUT2D eigenvalue weighted by Gasteiger charge is -2.42. The van der Waals surface area contributed by atoms with Crippen molar-refractivity contribution in [2.75, 3.05) is 57.4 Å². The molecule has 0 aromatic carbocycles. The molecule has 2 atom stereocenters. The van der Waals surface area contributed by atoms with E-state index in [1.54, 1.807) is 0 Å². The molecule has 8 heteroatoms. The molecule has 1 aromatic rings. The Morgan fingerprint density at radius 1 is 1.03 bits per heavy atom. The number of fused-ring (bicyclic) bond motifs is 2. The van der Waals surface area contributed by atoms with Gasteiger partial charge in [-0.3, -0.25) is 9.69 Å². The largest absolute Gasteiger partial charge is 0.372 e. The fourth-order valence-electron chi connectivity index (χ4n) is 6.31. The smallest absolute Gasteiger partial charge is 0.245 e. The van der Waals surface area contributed by atoms with Gasteiger partial charge in [0.2, 0.25) is 11.9 Å². The molecule has 0 spiro atoms. The van der Waals surface area contributed by atoms with Crippen molar-refractivity contribution in [2.45, 2.75) is 103 Å². The topological polar surface area (TPSA) is 73.8 Å². The molecule has 3 aliphatic heterocycles. The average Bonchev–Trinajstić information content (AvgIpc) is 3.17. The van der Waals surface area contributed by atoms with Crippen molar-refractivity contribution in [3.63, 3.8) is 0 Å². The highest BCUT2D eigenvalue weighted by Crippen LogP contribution is 2.34. The number of carbonyl (C=O) groups excluding carboxylic acids is 1. The van der Waals surface area contributed by atoms with E-state index < -0.39 is 0 Å². The minimum absolute atomic E-state index is 0. The summed E-state index contributed by atoms with van der Waals surface area (Å²) in [6, 6.07) is 1.76.